The van der Waals surface area contributed by atoms with Gasteiger partial charge in [-0.05, 0) is 12.8 Å². The average molecular weight is 120 g/mol. The molecule has 3 nitrogen and oxygen atoms in total. The summed E-state index contributed by atoms with van der Waals surface area (Å²) in [5.41, 5.74) is 0. The van der Waals surface area contributed by atoms with Crippen molar-refractivity contribution < 1.29 is 8.42 Å². The molecule has 0 heterocycles. The molecule has 1 rings (SSSR count). The van der Waals surface area contributed by atoms with Gasteiger partial charge in [0.05, 0.1) is 5.25 Å². The molecule has 0 bridgehead atoms. The van der Waals surface area contributed by atoms with Gasteiger partial charge in [0.2, 0.25) is 10.0 Å². The molecular weight excluding hydrogens is 114 g/mol. The van der Waals surface area contributed by atoms with Gasteiger partial charge in [-0.2, -0.15) is 0 Å². The number of sulfonamides is 1. The molecule has 1 fully saturated rings. The Balaban J connectivity index is 2.71. The molecule has 1 aliphatic rings. The summed E-state index contributed by atoms with van der Waals surface area (Å²) in [6.07, 6.45) is 1.40. The van der Waals surface area contributed by atoms with E-state index in [9.17, 15) is 8.42 Å². The third kappa shape index (κ3) is 1.14. The first-order valence-electron chi connectivity index (χ1n) is 2.09. The van der Waals surface area contributed by atoms with Crippen molar-refractivity contribution in [3.63, 3.8) is 0 Å². The summed E-state index contributed by atoms with van der Waals surface area (Å²) in [7, 11) is -3.38. The molecule has 41 valence electrons. The smallest absolute Gasteiger partial charge is 0.211 e. The largest absolute Gasteiger partial charge is 0.228 e. The van der Waals surface area contributed by atoms with E-state index in [1.54, 1.807) is 0 Å². The number of hydrogen-bond donors (Lipinski definition) is 0. The minimum atomic E-state index is -3.38. The molecule has 1 N–H and O–H groups in total. The van der Waals surface area contributed by atoms with Gasteiger partial charge < -0.3 is 0 Å². The van der Waals surface area contributed by atoms with Crippen LogP contribution < -0.4 is 5.14 Å². The minimum Gasteiger partial charge on any atom is -0.211 e. The van der Waals surface area contributed by atoms with Crippen LogP contribution in [0.25, 0.3) is 0 Å². The zero-order valence-electron chi connectivity index (χ0n) is 3.72. The summed E-state index contributed by atoms with van der Waals surface area (Å²) in [6.45, 7) is 0. The highest BCUT2D eigenvalue weighted by Crippen LogP contribution is 2.26. The van der Waals surface area contributed by atoms with Crippen molar-refractivity contribution in [3.05, 3.63) is 0 Å². The normalized spacial score (nSPS) is 22.4. The van der Waals surface area contributed by atoms with E-state index in [1.807, 2.05) is 0 Å². The second kappa shape index (κ2) is 1.20. The monoisotopic (exact) mass is 120 g/mol. The Morgan fingerprint density at radius 3 is 1.86 bits per heavy atom. The molecule has 0 unspecified atom stereocenters. The lowest BCUT2D eigenvalue weighted by Crippen LogP contribution is -2.05. The van der Waals surface area contributed by atoms with E-state index in [-0.39, 0.29) is 5.25 Å². The highest BCUT2D eigenvalue weighted by Gasteiger charge is 2.33. The van der Waals surface area contributed by atoms with Crippen molar-refractivity contribution in [1.82, 2.24) is 5.14 Å². The van der Waals surface area contributed by atoms with Gasteiger partial charge in [-0.3, -0.25) is 0 Å². The fourth-order valence-corrected chi connectivity index (χ4v) is 1.14. The van der Waals surface area contributed by atoms with Crippen molar-refractivity contribution in [2.24, 2.45) is 0 Å². The zero-order chi connectivity index (χ0) is 5.49. The second-order valence-corrected chi connectivity index (χ2v) is 3.50. The highest BCUT2D eigenvalue weighted by atomic mass is 32.2. The Bertz CT molecular complexity index is 156. The van der Waals surface area contributed by atoms with Crippen LogP contribution in [0, 0.1) is 0 Å². The predicted molar refractivity (Wildman–Crippen MR) is 25.0 cm³/mol. The summed E-state index contributed by atoms with van der Waals surface area (Å²) < 4.78 is 20.1. The molecule has 1 saturated carbocycles. The van der Waals surface area contributed by atoms with Crippen LogP contribution in [0.2, 0.25) is 0 Å². The summed E-state index contributed by atoms with van der Waals surface area (Å²) in [6, 6.07) is 0. The number of nitrogens with one attached hydrogen (secondary N) is 1. The van der Waals surface area contributed by atoms with Gasteiger partial charge in [-0.25, -0.2) is 8.42 Å². The van der Waals surface area contributed by atoms with E-state index < -0.39 is 10.0 Å². The summed E-state index contributed by atoms with van der Waals surface area (Å²) >= 11 is 0. The van der Waals surface area contributed by atoms with Gasteiger partial charge in [0.25, 0.3) is 0 Å². The fourth-order valence-electron chi connectivity index (χ4n) is 0.378. The lowest BCUT2D eigenvalue weighted by atomic mass is 11.0. The topological polar surface area (TPSA) is 57.9 Å². The highest BCUT2D eigenvalue weighted by molar-refractivity contribution is 7.89. The van der Waals surface area contributed by atoms with Gasteiger partial charge in [0.1, 0.15) is 0 Å². The Hall–Kier alpha value is -0.0900. The third-order valence-corrected chi connectivity index (χ3v) is 2.31. The summed E-state index contributed by atoms with van der Waals surface area (Å²) in [5, 5.41) is 6.11. The molecule has 0 aromatic heterocycles. The van der Waals surface area contributed by atoms with E-state index in [1.165, 1.54) is 0 Å². The van der Waals surface area contributed by atoms with Crippen molar-refractivity contribution >= 4 is 10.0 Å². The first-order chi connectivity index (χ1) is 3.11. The fraction of sp³-hybridized carbons (Fsp3) is 1.00. The van der Waals surface area contributed by atoms with Crippen LogP contribution >= 0.6 is 0 Å². The molecule has 0 aromatic carbocycles. The van der Waals surface area contributed by atoms with Crippen LogP contribution in [0.5, 0.6) is 0 Å². The van der Waals surface area contributed by atoms with Crippen molar-refractivity contribution in [3.8, 4) is 0 Å². The van der Waals surface area contributed by atoms with E-state index in [0.717, 1.165) is 0 Å². The van der Waals surface area contributed by atoms with Crippen LogP contribution in [-0.4, -0.2) is 13.7 Å². The Labute approximate surface area is 42.6 Å². The molecule has 0 aliphatic heterocycles. The maximum Gasteiger partial charge on any atom is 0.228 e. The van der Waals surface area contributed by atoms with Crippen LogP contribution in [0.1, 0.15) is 12.8 Å². The lowest BCUT2D eigenvalue weighted by molar-refractivity contribution is 0.595. The van der Waals surface area contributed by atoms with Gasteiger partial charge in [-0.1, -0.05) is 0 Å². The van der Waals surface area contributed by atoms with E-state index in [0.29, 0.717) is 12.8 Å². The SMILES string of the molecule is [NH]S(=O)(=O)C1CC1. The van der Waals surface area contributed by atoms with Crippen molar-refractivity contribution in [2.45, 2.75) is 18.1 Å². The quantitative estimate of drug-likeness (QED) is 0.479. The maximum atomic E-state index is 10.1. The Kier molecular flexibility index (Phi) is 0.864. The van der Waals surface area contributed by atoms with Crippen LogP contribution in [0.4, 0.5) is 0 Å². The van der Waals surface area contributed by atoms with Gasteiger partial charge in [0.15, 0.2) is 0 Å². The standard InChI is InChI=1S/C3H6NO2S/c4-7(5,6)3-1-2-3/h3-4H,1-2H2. The van der Waals surface area contributed by atoms with E-state index >= 15 is 0 Å². The summed E-state index contributed by atoms with van der Waals surface area (Å²) in [4.78, 5) is 0. The number of hydrogen-bond acceptors (Lipinski definition) is 2. The van der Waals surface area contributed by atoms with Crippen molar-refractivity contribution in [2.75, 3.05) is 0 Å². The number of rotatable bonds is 1. The van der Waals surface area contributed by atoms with E-state index in [2.05, 4.69) is 0 Å². The van der Waals surface area contributed by atoms with E-state index in [4.69, 9.17) is 5.14 Å². The minimum absolute atomic E-state index is 0.313. The molecule has 0 aromatic rings. The van der Waals surface area contributed by atoms with Crippen LogP contribution in [0.15, 0.2) is 0 Å². The van der Waals surface area contributed by atoms with Crippen LogP contribution in [0.3, 0.4) is 0 Å². The van der Waals surface area contributed by atoms with Crippen LogP contribution in [-0.2, 0) is 10.0 Å². The lowest BCUT2D eigenvalue weighted by Gasteiger charge is -1.82. The van der Waals surface area contributed by atoms with Crippen molar-refractivity contribution in [1.29, 1.82) is 0 Å². The maximum absolute atomic E-state index is 10.1. The summed E-state index contributed by atoms with van der Waals surface area (Å²) in [5.74, 6) is 0. The zero-order valence-corrected chi connectivity index (χ0v) is 4.53. The molecule has 7 heavy (non-hydrogen) atoms. The first-order valence-corrected chi connectivity index (χ1v) is 3.64. The van der Waals surface area contributed by atoms with Gasteiger partial charge >= 0.3 is 0 Å². The second-order valence-electron chi connectivity index (χ2n) is 1.74. The molecule has 0 amide bonds. The van der Waals surface area contributed by atoms with Gasteiger partial charge in [0, 0.05) is 0 Å². The third-order valence-electron chi connectivity index (χ3n) is 0.963. The molecule has 0 atom stereocenters. The van der Waals surface area contributed by atoms with Gasteiger partial charge in [-0.15, -0.1) is 5.14 Å². The molecular formula is C3H6NO2S. The molecule has 0 spiro atoms. The first kappa shape index (κ1) is 5.05. The average Bonchev–Trinajstić information content (AvgIpc) is 1.99. The predicted octanol–water partition coefficient (Wildman–Crippen LogP) is -0.238. The molecule has 0 saturated heterocycles. The molecule has 1 aliphatic carbocycles. The Morgan fingerprint density at radius 2 is 1.86 bits per heavy atom. The Morgan fingerprint density at radius 1 is 1.43 bits per heavy atom. The molecule has 1 radical (unpaired) electrons. The molecule has 4 heteroatoms.